The molecule has 0 aliphatic carbocycles. The van der Waals surface area contributed by atoms with Crippen LogP contribution in [0, 0.1) is 5.41 Å². The average Bonchev–Trinajstić information content (AvgIpc) is 2.54. The highest BCUT2D eigenvalue weighted by molar-refractivity contribution is 5.69. The molecule has 0 saturated heterocycles. The van der Waals surface area contributed by atoms with Crippen molar-refractivity contribution in [3.63, 3.8) is 0 Å². The second-order valence-electron chi connectivity index (χ2n) is 6.88. The van der Waals surface area contributed by atoms with Crippen molar-refractivity contribution in [3.05, 3.63) is 0 Å². The zero-order valence-electron chi connectivity index (χ0n) is 16.4. The van der Waals surface area contributed by atoms with Crippen molar-refractivity contribution in [1.29, 1.82) is 0 Å². The van der Waals surface area contributed by atoms with Gasteiger partial charge in [-0.05, 0) is 37.5 Å². The van der Waals surface area contributed by atoms with Crippen molar-refractivity contribution in [1.82, 2.24) is 6.15 Å². The fourth-order valence-electron chi connectivity index (χ4n) is 3.18. The Labute approximate surface area is 145 Å². The zero-order valence-corrected chi connectivity index (χ0v) is 16.4. The highest BCUT2D eigenvalue weighted by atomic mass is 16.5. The molecule has 0 radical (unpaired) electrons. The molecule has 0 heterocycles. The number of unbranched alkanes of at least 4 members (excludes halogenated alkanes) is 4. The summed E-state index contributed by atoms with van der Waals surface area (Å²) in [4.78, 5) is 12.0. The van der Waals surface area contributed by atoms with E-state index in [9.17, 15) is 4.79 Å². The Morgan fingerprint density at radius 1 is 0.739 bits per heavy atom. The normalized spacial score (nSPS) is 11.1. The molecule has 3 nitrogen and oxygen atoms in total. The topological polar surface area (TPSA) is 61.3 Å². The summed E-state index contributed by atoms with van der Waals surface area (Å²) in [5.41, 5.74) is 0.381. The minimum absolute atomic E-state index is 0. The summed E-state index contributed by atoms with van der Waals surface area (Å²) in [7, 11) is 0. The molecule has 0 amide bonds. The smallest absolute Gasteiger partial charge is 0.305 e. The average molecular weight is 330 g/mol. The molecule has 0 atom stereocenters. The van der Waals surface area contributed by atoms with Crippen LogP contribution in [0.1, 0.15) is 111 Å². The molecule has 3 heteroatoms. The zero-order chi connectivity index (χ0) is 16.7. The summed E-state index contributed by atoms with van der Waals surface area (Å²) >= 11 is 0. The molecule has 0 aliphatic rings. The van der Waals surface area contributed by atoms with Gasteiger partial charge in [-0.3, -0.25) is 4.79 Å². The van der Waals surface area contributed by atoms with Gasteiger partial charge in [-0.25, -0.2) is 0 Å². The predicted molar refractivity (Wildman–Crippen MR) is 101 cm³/mol. The molecule has 0 bridgehead atoms. The van der Waals surface area contributed by atoms with Gasteiger partial charge in [0, 0.05) is 6.42 Å². The Balaban J connectivity index is 0. The maximum Gasteiger partial charge on any atom is 0.305 e. The van der Waals surface area contributed by atoms with E-state index in [1.165, 1.54) is 57.8 Å². The van der Waals surface area contributed by atoms with Crippen molar-refractivity contribution in [2.75, 3.05) is 6.61 Å². The standard InChI is InChI=1S/C20H40O2.H3N/c1-5-9-14-20(15-10-6-2,16-11-7-3)17-13-19(21)22-18-12-8-4;/h5-18H2,1-4H3;1H3. The van der Waals surface area contributed by atoms with Gasteiger partial charge >= 0.3 is 5.97 Å². The lowest BCUT2D eigenvalue weighted by Gasteiger charge is -2.34. The largest absolute Gasteiger partial charge is 0.466 e. The fourth-order valence-corrected chi connectivity index (χ4v) is 3.18. The van der Waals surface area contributed by atoms with E-state index in [1.807, 2.05) is 0 Å². The molecule has 23 heavy (non-hydrogen) atoms. The van der Waals surface area contributed by atoms with E-state index in [0.717, 1.165) is 19.3 Å². The molecule has 140 valence electrons. The van der Waals surface area contributed by atoms with Crippen LogP contribution in [0.5, 0.6) is 0 Å². The van der Waals surface area contributed by atoms with Crippen LogP contribution in [-0.4, -0.2) is 12.6 Å². The number of carbonyl (C=O) groups excluding carboxylic acids is 1. The maximum atomic E-state index is 12.0. The van der Waals surface area contributed by atoms with Gasteiger partial charge in [0.1, 0.15) is 0 Å². The number of carbonyl (C=O) groups is 1. The summed E-state index contributed by atoms with van der Waals surface area (Å²) in [5.74, 6) is 0.0160. The lowest BCUT2D eigenvalue weighted by Crippen LogP contribution is -2.23. The highest BCUT2D eigenvalue weighted by Crippen LogP contribution is 2.41. The van der Waals surface area contributed by atoms with Gasteiger partial charge in [0.15, 0.2) is 0 Å². The molecule has 0 aromatic carbocycles. The molecule has 0 aromatic rings. The second-order valence-corrected chi connectivity index (χ2v) is 6.88. The van der Waals surface area contributed by atoms with Gasteiger partial charge in [-0.2, -0.15) is 0 Å². The lowest BCUT2D eigenvalue weighted by atomic mass is 9.71. The van der Waals surface area contributed by atoms with E-state index in [0.29, 0.717) is 18.4 Å². The number of rotatable bonds is 15. The summed E-state index contributed by atoms with van der Waals surface area (Å²) < 4.78 is 5.35. The van der Waals surface area contributed by atoms with Crippen molar-refractivity contribution in [2.24, 2.45) is 5.41 Å². The molecular formula is C20H43NO2. The van der Waals surface area contributed by atoms with Crippen LogP contribution < -0.4 is 6.15 Å². The van der Waals surface area contributed by atoms with E-state index in [1.54, 1.807) is 0 Å². The van der Waals surface area contributed by atoms with Gasteiger partial charge in [0.05, 0.1) is 6.61 Å². The van der Waals surface area contributed by atoms with E-state index in [-0.39, 0.29) is 12.1 Å². The molecule has 0 aromatic heterocycles. The quantitative estimate of drug-likeness (QED) is 0.264. The first kappa shape index (κ1) is 24.7. The highest BCUT2D eigenvalue weighted by Gasteiger charge is 2.29. The van der Waals surface area contributed by atoms with Crippen molar-refractivity contribution >= 4 is 5.97 Å². The number of hydrogen-bond acceptors (Lipinski definition) is 3. The van der Waals surface area contributed by atoms with Gasteiger partial charge in [-0.1, -0.05) is 72.6 Å². The monoisotopic (exact) mass is 329 g/mol. The van der Waals surface area contributed by atoms with E-state index >= 15 is 0 Å². The van der Waals surface area contributed by atoms with Crippen LogP contribution in [0.4, 0.5) is 0 Å². The lowest BCUT2D eigenvalue weighted by molar-refractivity contribution is -0.144. The minimum atomic E-state index is 0. The molecule has 0 unspecified atom stereocenters. The summed E-state index contributed by atoms with van der Waals surface area (Å²) in [6.07, 6.45) is 15.2. The number of esters is 1. The van der Waals surface area contributed by atoms with Gasteiger partial charge < -0.3 is 10.9 Å². The van der Waals surface area contributed by atoms with Crippen LogP contribution >= 0.6 is 0 Å². The Kier molecular flexibility index (Phi) is 17.5. The Hall–Kier alpha value is -0.570. The van der Waals surface area contributed by atoms with E-state index in [4.69, 9.17) is 4.74 Å². The first-order valence-corrected chi connectivity index (χ1v) is 9.79. The summed E-state index contributed by atoms with van der Waals surface area (Å²) in [6, 6.07) is 0. The third kappa shape index (κ3) is 12.5. The van der Waals surface area contributed by atoms with E-state index in [2.05, 4.69) is 27.7 Å². The fraction of sp³-hybridized carbons (Fsp3) is 0.950. The molecule has 0 spiro atoms. The molecular weight excluding hydrogens is 286 g/mol. The second kappa shape index (κ2) is 16.3. The van der Waals surface area contributed by atoms with Crippen molar-refractivity contribution < 1.29 is 9.53 Å². The molecule has 0 saturated carbocycles. The van der Waals surface area contributed by atoms with Crippen LogP contribution in [0.3, 0.4) is 0 Å². The molecule has 0 aliphatic heterocycles. The number of hydrogen-bond donors (Lipinski definition) is 1. The summed E-state index contributed by atoms with van der Waals surface area (Å²) in [5, 5.41) is 0. The van der Waals surface area contributed by atoms with Crippen LogP contribution in [0.2, 0.25) is 0 Å². The third-order valence-corrected chi connectivity index (χ3v) is 4.80. The predicted octanol–water partition coefficient (Wildman–Crippen LogP) is 6.83. The maximum absolute atomic E-state index is 12.0. The first-order chi connectivity index (χ1) is 10.6. The SMILES string of the molecule is CCCCOC(=O)CCC(CCCC)(CCCC)CCCC.N. The molecule has 3 N–H and O–H groups in total. The van der Waals surface area contributed by atoms with Gasteiger partial charge in [0.2, 0.25) is 0 Å². The first-order valence-electron chi connectivity index (χ1n) is 9.79. The van der Waals surface area contributed by atoms with Crippen LogP contribution in [-0.2, 0) is 9.53 Å². The number of ether oxygens (including phenoxy) is 1. The summed E-state index contributed by atoms with van der Waals surface area (Å²) in [6.45, 7) is 9.52. The Morgan fingerprint density at radius 3 is 1.57 bits per heavy atom. The van der Waals surface area contributed by atoms with Gasteiger partial charge in [0.25, 0.3) is 0 Å². The van der Waals surface area contributed by atoms with Crippen molar-refractivity contribution in [2.45, 2.75) is 111 Å². The Bertz CT molecular complexity index is 245. The molecule has 0 rings (SSSR count). The van der Waals surface area contributed by atoms with Crippen molar-refractivity contribution in [3.8, 4) is 0 Å². The van der Waals surface area contributed by atoms with Crippen LogP contribution in [0.15, 0.2) is 0 Å². The third-order valence-electron chi connectivity index (χ3n) is 4.80. The minimum Gasteiger partial charge on any atom is -0.466 e. The van der Waals surface area contributed by atoms with E-state index < -0.39 is 0 Å². The van der Waals surface area contributed by atoms with Crippen LogP contribution in [0.25, 0.3) is 0 Å². The van der Waals surface area contributed by atoms with Gasteiger partial charge in [-0.15, -0.1) is 0 Å². The molecule has 0 fully saturated rings. The Morgan fingerprint density at radius 2 is 1.17 bits per heavy atom.